The standard InChI is InChI=1S/C14H29N3O2S2/c1-6-12-10-17(8-9-20-12)13(15-7-2)16-11-14(3,4)21(5,18)19/h12H,6-11H2,1-5H3,(H,15,16). The van der Waals surface area contributed by atoms with E-state index in [0.29, 0.717) is 5.25 Å². The van der Waals surface area contributed by atoms with Crippen LogP contribution < -0.4 is 5.32 Å². The van der Waals surface area contributed by atoms with Crippen molar-refractivity contribution in [2.75, 3.05) is 38.2 Å². The van der Waals surface area contributed by atoms with Crippen LogP contribution in [-0.4, -0.2) is 67.5 Å². The second-order valence-corrected chi connectivity index (χ2v) is 10.1. The van der Waals surface area contributed by atoms with Gasteiger partial charge in [0.05, 0.1) is 11.3 Å². The molecular formula is C14H29N3O2S2. The second-order valence-electron chi connectivity index (χ2n) is 6.05. The average molecular weight is 336 g/mol. The summed E-state index contributed by atoms with van der Waals surface area (Å²) in [5.41, 5.74) is 0. The van der Waals surface area contributed by atoms with Crippen LogP contribution in [0.2, 0.25) is 0 Å². The van der Waals surface area contributed by atoms with Gasteiger partial charge in [-0.1, -0.05) is 6.92 Å². The van der Waals surface area contributed by atoms with Gasteiger partial charge in [0.25, 0.3) is 0 Å². The van der Waals surface area contributed by atoms with Gasteiger partial charge in [0, 0.05) is 36.9 Å². The maximum Gasteiger partial charge on any atom is 0.194 e. The zero-order chi connectivity index (χ0) is 16.1. The van der Waals surface area contributed by atoms with Crippen LogP contribution in [0.25, 0.3) is 0 Å². The first kappa shape index (κ1) is 18.6. The van der Waals surface area contributed by atoms with Gasteiger partial charge in [0.1, 0.15) is 0 Å². The zero-order valence-corrected chi connectivity index (χ0v) is 15.5. The van der Waals surface area contributed by atoms with E-state index in [-0.39, 0.29) is 6.54 Å². The Kier molecular flexibility index (Phi) is 6.84. The molecule has 1 aliphatic rings. The molecule has 0 aromatic rings. The van der Waals surface area contributed by atoms with E-state index in [4.69, 9.17) is 0 Å². The molecule has 0 spiro atoms. The summed E-state index contributed by atoms with van der Waals surface area (Å²) in [4.78, 5) is 6.84. The maximum absolute atomic E-state index is 11.8. The van der Waals surface area contributed by atoms with Crippen LogP contribution in [0.1, 0.15) is 34.1 Å². The lowest BCUT2D eigenvalue weighted by Crippen LogP contribution is -2.48. The number of aliphatic imine (C=N–C) groups is 1. The summed E-state index contributed by atoms with van der Waals surface area (Å²) in [5.74, 6) is 1.94. The Labute approximate surface area is 133 Å². The molecule has 0 aromatic heterocycles. The lowest BCUT2D eigenvalue weighted by Gasteiger charge is -2.34. The van der Waals surface area contributed by atoms with Crippen LogP contribution >= 0.6 is 11.8 Å². The minimum atomic E-state index is -3.12. The highest BCUT2D eigenvalue weighted by Gasteiger charge is 2.30. The molecule has 0 bridgehead atoms. The first-order chi connectivity index (χ1) is 9.71. The summed E-state index contributed by atoms with van der Waals surface area (Å²) in [6.45, 7) is 10.7. The van der Waals surface area contributed by atoms with Gasteiger partial charge < -0.3 is 10.2 Å². The largest absolute Gasteiger partial charge is 0.357 e. The molecule has 1 N–H and O–H groups in total. The van der Waals surface area contributed by atoms with Crippen LogP contribution in [0.5, 0.6) is 0 Å². The quantitative estimate of drug-likeness (QED) is 0.611. The fraction of sp³-hybridized carbons (Fsp3) is 0.929. The average Bonchev–Trinajstić information content (AvgIpc) is 2.42. The molecule has 1 rings (SSSR count). The minimum Gasteiger partial charge on any atom is -0.357 e. The van der Waals surface area contributed by atoms with E-state index in [0.717, 1.165) is 37.8 Å². The van der Waals surface area contributed by atoms with E-state index >= 15 is 0 Å². The Morgan fingerprint density at radius 1 is 1.43 bits per heavy atom. The Bertz CT molecular complexity index is 461. The molecule has 21 heavy (non-hydrogen) atoms. The molecule has 1 fully saturated rings. The van der Waals surface area contributed by atoms with Crippen LogP contribution in [0.4, 0.5) is 0 Å². The summed E-state index contributed by atoms with van der Waals surface area (Å²) in [6, 6.07) is 0. The van der Waals surface area contributed by atoms with Gasteiger partial charge in [-0.25, -0.2) is 8.42 Å². The first-order valence-electron chi connectivity index (χ1n) is 7.55. The van der Waals surface area contributed by atoms with Gasteiger partial charge >= 0.3 is 0 Å². The topological polar surface area (TPSA) is 61.8 Å². The lowest BCUT2D eigenvalue weighted by atomic mass is 10.2. The molecule has 7 heteroatoms. The maximum atomic E-state index is 11.8. The molecule has 0 radical (unpaired) electrons. The Hall–Kier alpha value is -0.430. The number of nitrogens with one attached hydrogen (secondary N) is 1. The molecule has 1 heterocycles. The fourth-order valence-electron chi connectivity index (χ4n) is 1.97. The van der Waals surface area contributed by atoms with Crippen molar-refractivity contribution in [2.24, 2.45) is 4.99 Å². The highest BCUT2D eigenvalue weighted by molar-refractivity contribution is 8.00. The Morgan fingerprint density at radius 2 is 2.10 bits per heavy atom. The highest BCUT2D eigenvalue weighted by Crippen LogP contribution is 2.21. The lowest BCUT2D eigenvalue weighted by molar-refractivity contribution is 0.407. The summed E-state index contributed by atoms with van der Waals surface area (Å²) in [7, 11) is -3.12. The summed E-state index contributed by atoms with van der Waals surface area (Å²) in [5, 5.41) is 3.92. The molecule has 0 amide bonds. The van der Waals surface area contributed by atoms with Crippen molar-refractivity contribution in [3.8, 4) is 0 Å². The zero-order valence-electron chi connectivity index (χ0n) is 13.8. The van der Waals surface area contributed by atoms with E-state index in [1.54, 1.807) is 13.8 Å². The van der Waals surface area contributed by atoms with Gasteiger partial charge in [0.2, 0.25) is 0 Å². The van der Waals surface area contributed by atoms with Crippen molar-refractivity contribution in [3.63, 3.8) is 0 Å². The first-order valence-corrected chi connectivity index (χ1v) is 10.5. The van der Waals surface area contributed by atoms with Crippen molar-refractivity contribution in [1.82, 2.24) is 10.2 Å². The molecule has 1 aliphatic heterocycles. The molecule has 124 valence electrons. The summed E-state index contributed by atoms with van der Waals surface area (Å²) in [6.07, 6.45) is 2.43. The molecule has 0 saturated carbocycles. The number of rotatable bonds is 5. The monoisotopic (exact) mass is 335 g/mol. The Morgan fingerprint density at radius 3 is 2.62 bits per heavy atom. The van der Waals surface area contributed by atoms with Gasteiger partial charge in [-0.05, 0) is 27.2 Å². The molecule has 1 saturated heterocycles. The minimum absolute atomic E-state index is 0.286. The molecular weight excluding hydrogens is 306 g/mol. The molecule has 1 atom stereocenters. The molecule has 0 aliphatic carbocycles. The normalized spacial score (nSPS) is 21.5. The second kappa shape index (κ2) is 7.72. The third kappa shape index (κ3) is 5.36. The predicted molar refractivity (Wildman–Crippen MR) is 93.0 cm³/mol. The Balaban J connectivity index is 2.83. The van der Waals surface area contributed by atoms with Crippen molar-refractivity contribution in [2.45, 2.75) is 44.1 Å². The number of hydrogen-bond acceptors (Lipinski definition) is 4. The van der Waals surface area contributed by atoms with E-state index in [9.17, 15) is 8.42 Å². The van der Waals surface area contributed by atoms with Crippen molar-refractivity contribution in [3.05, 3.63) is 0 Å². The van der Waals surface area contributed by atoms with Gasteiger partial charge in [-0.15, -0.1) is 0 Å². The van der Waals surface area contributed by atoms with Crippen molar-refractivity contribution < 1.29 is 8.42 Å². The number of sulfone groups is 1. The smallest absolute Gasteiger partial charge is 0.194 e. The summed E-state index contributed by atoms with van der Waals surface area (Å²) >= 11 is 2.01. The van der Waals surface area contributed by atoms with Crippen LogP contribution in [0, 0.1) is 0 Å². The van der Waals surface area contributed by atoms with Crippen LogP contribution in [-0.2, 0) is 9.84 Å². The molecule has 0 aromatic carbocycles. The molecule has 1 unspecified atom stereocenters. The number of hydrogen-bond donors (Lipinski definition) is 1. The number of guanidine groups is 1. The SMILES string of the molecule is CCNC(=NCC(C)(C)S(C)(=O)=O)N1CCSC(CC)C1. The van der Waals surface area contributed by atoms with Crippen LogP contribution in [0.3, 0.4) is 0 Å². The molecule has 5 nitrogen and oxygen atoms in total. The van der Waals surface area contributed by atoms with Gasteiger partial charge in [-0.2, -0.15) is 11.8 Å². The predicted octanol–water partition coefficient (Wildman–Crippen LogP) is 1.60. The van der Waals surface area contributed by atoms with E-state index in [2.05, 4.69) is 22.1 Å². The van der Waals surface area contributed by atoms with Crippen LogP contribution in [0.15, 0.2) is 4.99 Å². The number of thioether (sulfide) groups is 1. The van der Waals surface area contributed by atoms with E-state index < -0.39 is 14.6 Å². The van der Waals surface area contributed by atoms with Crippen molar-refractivity contribution >= 4 is 27.6 Å². The third-order valence-electron chi connectivity index (χ3n) is 3.84. The fourth-order valence-corrected chi connectivity index (χ4v) is 3.45. The highest BCUT2D eigenvalue weighted by atomic mass is 32.2. The summed E-state index contributed by atoms with van der Waals surface area (Å²) < 4.78 is 22.8. The third-order valence-corrected chi connectivity index (χ3v) is 7.35. The number of nitrogens with zero attached hydrogens (tertiary/aromatic N) is 2. The van der Waals surface area contributed by atoms with E-state index in [1.807, 2.05) is 18.7 Å². The van der Waals surface area contributed by atoms with Crippen molar-refractivity contribution in [1.29, 1.82) is 0 Å². The van der Waals surface area contributed by atoms with Gasteiger partial charge in [0.15, 0.2) is 15.8 Å². The van der Waals surface area contributed by atoms with E-state index in [1.165, 1.54) is 6.26 Å². The van der Waals surface area contributed by atoms with Gasteiger partial charge in [-0.3, -0.25) is 4.99 Å².